The summed E-state index contributed by atoms with van der Waals surface area (Å²) in [6, 6.07) is 45.3. The quantitative estimate of drug-likeness (QED) is 0.151. The first-order valence-corrected chi connectivity index (χ1v) is 14.6. The van der Waals surface area contributed by atoms with Gasteiger partial charge in [-0.3, -0.25) is 0 Å². The van der Waals surface area contributed by atoms with Gasteiger partial charge in [-0.05, 0) is 76.2 Å². The van der Waals surface area contributed by atoms with E-state index in [2.05, 4.69) is 123 Å². The molecule has 6 heteroatoms. The maximum atomic E-state index is 9.17. The third-order valence-corrected chi connectivity index (χ3v) is 8.26. The van der Waals surface area contributed by atoms with E-state index in [1.807, 2.05) is 24.3 Å². The summed E-state index contributed by atoms with van der Waals surface area (Å²) in [6.07, 6.45) is 0. The lowest BCUT2D eigenvalue weighted by Crippen LogP contribution is -2.29. The van der Waals surface area contributed by atoms with E-state index >= 15 is 0 Å². The van der Waals surface area contributed by atoms with Crippen molar-refractivity contribution in [3.8, 4) is 22.3 Å². The number of H-pyrrole nitrogens is 2. The number of benzene rings is 6. The topological polar surface area (TPSA) is 72.0 Å². The average Bonchev–Trinajstić information content (AvgIpc) is 3.59. The fourth-order valence-electron chi connectivity index (χ4n) is 5.55. The van der Waals surface area contributed by atoms with E-state index in [0.29, 0.717) is 5.46 Å². The summed E-state index contributed by atoms with van der Waals surface area (Å²) in [5, 5.41) is 23.3. The number of fused-ring (bicyclic) bond motifs is 6. The molecular formula is C36H28BBrN2O2. The van der Waals surface area contributed by atoms with Gasteiger partial charge in [-0.25, -0.2) is 0 Å². The molecule has 8 rings (SSSR count). The van der Waals surface area contributed by atoms with E-state index in [4.69, 9.17) is 10.0 Å². The van der Waals surface area contributed by atoms with Crippen LogP contribution in [0.5, 0.6) is 0 Å². The third kappa shape index (κ3) is 5.01. The summed E-state index contributed by atoms with van der Waals surface area (Å²) in [4.78, 5) is 6.87. The van der Waals surface area contributed by atoms with E-state index in [1.54, 1.807) is 12.1 Å². The van der Waals surface area contributed by atoms with Crippen LogP contribution in [0.3, 0.4) is 0 Å². The third-order valence-electron chi connectivity index (χ3n) is 7.73. The van der Waals surface area contributed by atoms with Crippen LogP contribution in [0.1, 0.15) is 1.43 Å². The summed E-state index contributed by atoms with van der Waals surface area (Å²) < 4.78 is 1.11. The fourth-order valence-corrected chi connectivity index (χ4v) is 5.81. The smallest absolute Gasteiger partial charge is 0.423 e. The van der Waals surface area contributed by atoms with Gasteiger partial charge in [0, 0.05) is 49.5 Å². The van der Waals surface area contributed by atoms with Crippen molar-refractivity contribution in [1.82, 2.24) is 9.97 Å². The molecule has 8 aromatic rings. The second-order valence-corrected chi connectivity index (χ2v) is 11.3. The van der Waals surface area contributed by atoms with Crippen molar-refractivity contribution in [1.29, 1.82) is 0 Å². The van der Waals surface area contributed by atoms with Crippen LogP contribution in [0, 0.1) is 0 Å². The van der Waals surface area contributed by atoms with E-state index in [9.17, 15) is 0 Å². The van der Waals surface area contributed by atoms with Crippen LogP contribution in [-0.4, -0.2) is 27.1 Å². The molecule has 2 heterocycles. The summed E-state index contributed by atoms with van der Waals surface area (Å²) in [6.45, 7) is 0. The lowest BCUT2D eigenvalue weighted by molar-refractivity contribution is 0.426. The molecule has 4 nitrogen and oxygen atoms in total. The molecule has 2 aromatic heterocycles. The summed E-state index contributed by atoms with van der Waals surface area (Å²) >= 11 is 3.48. The second-order valence-electron chi connectivity index (χ2n) is 10.4. The molecule has 0 bridgehead atoms. The molecule has 0 aliphatic heterocycles. The van der Waals surface area contributed by atoms with Crippen molar-refractivity contribution in [3.63, 3.8) is 0 Å². The van der Waals surface area contributed by atoms with Gasteiger partial charge >= 0.3 is 7.12 Å². The van der Waals surface area contributed by atoms with Crippen molar-refractivity contribution < 1.29 is 11.5 Å². The molecule has 0 saturated carbocycles. The van der Waals surface area contributed by atoms with Crippen LogP contribution in [0.25, 0.3) is 65.9 Å². The number of aromatic nitrogens is 2. The normalized spacial score (nSPS) is 11.2. The van der Waals surface area contributed by atoms with Crippen molar-refractivity contribution >= 4 is 72.1 Å². The summed E-state index contributed by atoms with van der Waals surface area (Å²) in [5.41, 5.74) is 9.77. The Kier molecular flexibility index (Phi) is 6.88. The minimum absolute atomic E-state index is 0. The van der Waals surface area contributed by atoms with Crippen LogP contribution >= 0.6 is 15.9 Å². The minimum Gasteiger partial charge on any atom is -0.423 e. The molecule has 0 saturated heterocycles. The predicted molar refractivity (Wildman–Crippen MR) is 182 cm³/mol. The van der Waals surface area contributed by atoms with Crippen LogP contribution < -0.4 is 5.46 Å². The van der Waals surface area contributed by atoms with E-state index in [1.165, 1.54) is 43.7 Å². The van der Waals surface area contributed by atoms with Gasteiger partial charge in [-0.1, -0.05) is 101 Å². The number of rotatable bonds is 3. The van der Waals surface area contributed by atoms with Crippen LogP contribution in [0.4, 0.5) is 0 Å². The lowest BCUT2D eigenvalue weighted by Gasteiger charge is -2.04. The maximum Gasteiger partial charge on any atom is 0.488 e. The molecule has 0 spiro atoms. The molecule has 204 valence electrons. The number of para-hydroxylation sites is 2. The van der Waals surface area contributed by atoms with Crippen molar-refractivity contribution in [2.24, 2.45) is 0 Å². The molecular weight excluding hydrogens is 583 g/mol. The second kappa shape index (κ2) is 11.0. The van der Waals surface area contributed by atoms with Gasteiger partial charge in [0.25, 0.3) is 0 Å². The number of hydrogen-bond acceptors (Lipinski definition) is 2. The Morgan fingerprint density at radius 3 is 1.33 bits per heavy atom. The van der Waals surface area contributed by atoms with Gasteiger partial charge in [0.1, 0.15) is 0 Å². The van der Waals surface area contributed by atoms with Gasteiger partial charge in [-0.2, -0.15) is 0 Å². The lowest BCUT2D eigenvalue weighted by atomic mass is 9.80. The van der Waals surface area contributed by atoms with Gasteiger partial charge in [0.2, 0.25) is 0 Å². The number of nitrogens with one attached hydrogen (secondary N) is 2. The zero-order valence-corrected chi connectivity index (χ0v) is 24.1. The molecule has 0 fully saturated rings. The van der Waals surface area contributed by atoms with Crippen LogP contribution in [0.2, 0.25) is 0 Å². The van der Waals surface area contributed by atoms with Crippen molar-refractivity contribution in [3.05, 3.63) is 138 Å². The van der Waals surface area contributed by atoms with Gasteiger partial charge < -0.3 is 20.0 Å². The molecule has 4 N–H and O–H groups in total. The Labute approximate surface area is 253 Å². The maximum absolute atomic E-state index is 9.17. The zero-order valence-electron chi connectivity index (χ0n) is 22.6. The molecule has 0 radical (unpaired) electrons. The first-order valence-electron chi connectivity index (χ1n) is 13.8. The summed E-state index contributed by atoms with van der Waals surface area (Å²) in [5.74, 6) is 0. The zero-order chi connectivity index (χ0) is 28.6. The van der Waals surface area contributed by atoms with Gasteiger partial charge in [-0.15, -0.1) is 0 Å². The van der Waals surface area contributed by atoms with E-state index in [-0.39, 0.29) is 1.43 Å². The summed E-state index contributed by atoms with van der Waals surface area (Å²) in [7, 11) is -1.43. The molecule has 0 atom stereocenters. The van der Waals surface area contributed by atoms with Gasteiger partial charge in [0.05, 0.1) is 0 Å². The van der Waals surface area contributed by atoms with Crippen molar-refractivity contribution in [2.45, 2.75) is 0 Å². The Bertz CT molecular complexity index is 2190. The van der Waals surface area contributed by atoms with Crippen molar-refractivity contribution in [2.75, 3.05) is 0 Å². The molecule has 0 unspecified atom stereocenters. The Hall–Kier alpha value is -4.62. The van der Waals surface area contributed by atoms with Gasteiger partial charge in [0.15, 0.2) is 0 Å². The molecule has 0 aliphatic rings. The van der Waals surface area contributed by atoms with Crippen LogP contribution in [0.15, 0.2) is 138 Å². The first-order chi connectivity index (χ1) is 20.5. The molecule has 0 aliphatic carbocycles. The van der Waals surface area contributed by atoms with E-state index in [0.717, 1.165) is 26.6 Å². The fraction of sp³-hybridized carbons (Fsp3) is 0. The Morgan fingerprint density at radius 1 is 0.452 bits per heavy atom. The number of halogens is 1. The average molecular weight is 611 g/mol. The van der Waals surface area contributed by atoms with E-state index < -0.39 is 7.12 Å². The van der Waals surface area contributed by atoms with Crippen LogP contribution in [-0.2, 0) is 0 Å². The largest absolute Gasteiger partial charge is 0.488 e. The minimum atomic E-state index is -1.43. The number of hydrogen-bond donors (Lipinski definition) is 4. The SMILES string of the molecule is Brc1ccc(-c2ccc3[nH]c4ccccc4c3c2)cc1.OB(O)c1ccc(-c2ccc3[nH]c4ccccc4c3c2)cc1.[HH]. The monoisotopic (exact) mass is 610 g/mol. The highest BCUT2D eigenvalue weighted by Gasteiger charge is 2.11. The standard InChI is InChI=1S/C18H14BNO2.C18H12BrN.H2/c21-19(22)14-8-5-12(6-9-14)13-7-10-18-16(11-13)15-3-1-2-4-17(15)20-18;19-14-8-5-12(6-9-14)13-7-10-18-16(11-13)15-3-1-2-4-17(15)20-18;/h1-11,20-22H;1-11,20H;1H. The highest BCUT2D eigenvalue weighted by molar-refractivity contribution is 9.10. The highest BCUT2D eigenvalue weighted by Crippen LogP contribution is 2.31. The molecule has 42 heavy (non-hydrogen) atoms. The highest BCUT2D eigenvalue weighted by atomic mass is 79.9. The molecule has 6 aromatic carbocycles. The molecule has 0 amide bonds. The Morgan fingerprint density at radius 2 is 0.857 bits per heavy atom. The Balaban J connectivity index is 0.000000150. The predicted octanol–water partition coefficient (Wildman–Crippen LogP) is 8.66. The first kappa shape index (κ1) is 26.3. The number of aromatic amines is 2.